The fourth-order valence-corrected chi connectivity index (χ4v) is 1.60. The lowest BCUT2D eigenvalue weighted by molar-refractivity contribution is -0.403. The molecule has 0 unspecified atom stereocenters. The minimum atomic E-state index is -0.514. The van der Waals surface area contributed by atoms with Crippen LogP contribution >= 0.6 is 11.6 Å². The van der Waals surface area contributed by atoms with Crippen molar-refractivity contribution in [1.29, 1.82) is 0 Å². The molecule has 0 aliphatic rings. The van der Waals surface area contributed by atoms with E-state index in [-0.39, 0.29) is 0 Å². The first-order chi connectivity index (χ1) is 9.55. The summed E-state index contributed by atoms with van der Waals surface area (Å²) in [5.41, 5.74) is 1.24. The second-order valence-electron chi connectivity index (χ2n) is 3.89. The lowest BCUT2D eigenvalue weighted by Gasteiger charge is -2.15. The van der Waals surface area contributed by atoms with Crippen LogP contribution in [-0.2, 0) is 15.9 Å². The van der Waals surface area contributed by atoms with Gasteiger partial charge < -0.3 is 14.8 Å². The predicted octanol–water partition coefficient (Wildman–Crippen LogP) is 1.60. The van der Waals surface area contributed by atoms with Gasteiger partial charge >= 0.3 is 0 Å². The average Bonchev–Trinajstić information content (AvgIpc) is 2.41. The Kier molecular flexibility index (Phi) is 6.92. The zero-order valence-corrected chi connectivity index (χ0v) is 12.0. The van der Waals surface area contributed by atoms with Crippen LogP contribution in [0.2, 0.25) is 5.15 Å². The highest BCUT2D eigenvalue weighted by Crippen LogP contribution is 2.09. The number of aromatic nitrogens is 1. The van der Waals surface area contributed by atoms with E-state index in [9.17, 15) is 10.1 Å². The van der Waals surface area contributed by atoms with Crippen LogP contribution in [0.4, 0.5) is 0 Å². The van der Waals surface area contributed by atoms with E-state index >= 15 is 0 Å². The predicted molar refractivity (Wildman–Crippen MR) is 73.8 cm³/mol. The number of ether oxygens (including phenoxy) is 2. The summed E-state index contributed by atoms with van der Waals surface area (Å²) in [5, 5.41) is 13.9. The summed E-state index contributed by atoms with van der Waals surface area (Å²) in [5.74, 6) is 0. The molecular weight excluding hydrogens is 286 g/mol. The van der Waals surface area contributed by atoms with E-state index < -0.39 is 11.2 Å². The van der Waals surface area contributed by atoms with Crippen molar-refractivity contribution in [2.24, 2.45) is 0 Å². The molecule has 1 aromatic heterocycles. The summed E-state index contributed by atoms with van der Waals surface area (Å²) in [6, 6.07) is 3.39. The Bertz CT molecular complexity index is 460. The van der Waals surface area contributed by atoms with Crippen molar-refractivity contribution < 1.29 is 14.4 Å². The summed E-state index contributed by atoms with van der Waals surface area (Å²) in [6.45, 7) is 0.299. The number of allylic oxidation sites excluding steroid dienone is 1. The first-order valence-corrected chi connectivity index (χ1v) is 6.17. The second kappa shape index (κ2) is 8.47. The third kappa shape index (κ3) is 5.96. The molecular formula is C12H16ClN3O4. The van der Waals surface area contributed by atoms with Gasteiger partial charge in [0.25, 0.3) is 6.20 Å². The smallest absolute Gasteiger partial charge is 0.253 e. The molecule has 0 fully saturated rings. The maximum Gasteiger partial charge on any atom is 0.253 e. The van der Waals surface area contributed by atoms with Gasteiger partial charge in [-0.15, -0.1) is 0 Å². The fourth-order valence-electron chi connectivity index (χ4n) is 1.49. The number of nitrogens with zero attached hydrogens (tertiary/aromatic N) is 2. The zero-order chi connectivity index (χ0) is 15.0. The van der Waals surface area contributed by atoms with Gasteiger partial charge in [-0.2, -0.15) is 0 Å². The Morgan fingerprint density at radius 3 is 2.75 bits per heavy atom. The number of rotatable bonds is 8. The monoisotopic (exact) mass is 301 g/mol. The van der Waals surface area contributed by atoms with Crippen molar-refractivity contribution in [3.63, 3.8) is 0 Å². The van der Waals surface area contributed by atoms with Gasteiger partial charge in [-0.25, -0.2) is 4.98 Å². The first-order valence-electron chi connectivity index (χ1n) is 5.79. The van der Waals surface area contributed by atoms with Gasteiger partial charge in [0.2, 0.25) is 0 Å². The molecule has 0 spiro atoms. The highest BCUT2D eigenvalue weighted by Gasteiger charge is 2.09. The molecule has 1 rings (SSSR count). The quantitative estimate of drug-likeness (QED) is 0.340. The highest BCUT2D eigenvalue weighted by atomic mass is 35.5. The topological polar surface area (TPSA) is 86.5 Å². The minimum absolute atomic E-state index is 0.299. The van der Waals surface area contributed by atoms with Crippen LogP contribution in [0.3, 0.4) is 0 Å². The van der Waals surface area contributed by atoms with E-state index in [0.717, 1.165) is 11.8 Å². The van der Waals surface area contributed by atoms with Gasteiger partial charge in [0.1, 0.15) is 5.15 Å². The summed E-state index contributed by atoms with van der Waals surface area (Å²) < 4.78 is 10.0. The fraction of sp³-hybridized carbons (Fsp3) is 0.417. The van der Waals surface area contributed by atoms with Gasteiger partial charge in [0.15, 0.2) is 6.29 Å². The minimum Gasteiger partial charge on any atom is -0.378 e. The van der Waals surface area contributed by atoms with Gasteiger partial charge in [0, 0.05) is 26.8 Å². The molecule has 0 saturated carbocycles. The number of nitrogens with one attached hydrogen (secondary N) is 1. The normalized spacial score (nSPS) is 11.7. The number of hydrogen-bond acceptors (Lipinski definition) is 6. The lowest BCUT2D eigenvalue weighted by Crippen LogP contribution is -2.30. The van der Waals surface area contributed by atoms with Crippen LogP contribution in [0.5, 0.6) is 0 Å². The third-order valence-electron chi connectivity index (χ3n) is 2.47. The number of pyridine rings is 1. The highest BCUT2D eigenvalue weighted by molar-refractivity contribution is 6.29. The van der Waals surface area contributed by atoms with Crippen molar-refractivity contribution in [2.75, 3.05) is 20.8 Å². The van der Waals surface area contributed by atoms with E-state index in [1.165, 1.54) is 14.2 Å². The molecule has 110 valence electrons. The second-order valence-corrected chi connectivity index (χ2v) is 4.27. The Labute approximate surface area is 121 Å². The molecule has 1 heterocycles. The van der Waals surface area contributed by atoms with Crippen molar-refractivity contribution in [1.82, 2.24) is 10.3 Å². The van der Waals surface area contributed by atoms with Crippen LogP contribution in [0.25, 0.3) is 0 Å². The van der Waals surface area contributed by atoms with Crippen LogP contribution in [0, 0.1) is 10.1 Å². The zero-order valence-electron chi connectivity index (χ0n) is 11.2. The Balaban J connectivity index is 2.70. The van der Waals surface area contributed by atoms with Crippen LogP contribution < -0.4 is 5.32 Å². The molecule has 1 N–H and O–H groups in total. The van der Waals surface area contributed by atoms with Crippen molar-refractivity contribution in [3.05, 3.63) is 51.1 Å². The SMILES string of the molecule is COC(CN/C(=C/[N+](=O)[O-])Cc1ccc(Cl)nc1)OC. The molecule has 0 amide bonds. The molecule has 7 nitrogen and oxygen atoms in total. The van der Waals surface area contributed by atoms with Crippen molar-refractivity contribution >= 4 is 11.6 Å². The molecule has 0 aliphatic carbocycles. The summed E-state index contributed by atoms with van der Waals surface area (Å²) in [4.78, 5) is 14.0. The number of hydrogen-bond donors (Lipinski definition) is 1. The molecule has 0 atom stereocenters. The Morgan fingerprint density at radius 2 is 2.25 bits per heavy atom. The Hall–Kier alpha value is -1.70. The van der Waals surface area contributed by atoms with Crippen molar-refractivity contribution in [3.8, 4) is 0 Å². The van der Waals surface area contributed by atoms with Gasteiger partial charge in [-0.05, 0) is 11.6 Å². The molecule has 1 aromatic rings. The molecule has 0 aromatic carbocycles. The van der Waals surface area contributed by atoms with Gasteiger partial charge in [-0.1, -0.05) is 17.7 Å². The van der Waals surface area contributed by atoms with E-state index in [1.54, 1.807) is 18.3 Å². The third-order valence-corrected chi connectivity index (χ3v) is 2.69. The molecule has 0 saturated heterocycles. The molecule has 0 radical (unpaired) electrons. The van der Waals surface area contributed by atoms with Gasteiger partial charge in [-0.3, -0.25) is 10.1 Å². The largest absolute Gasteiger partial charge is 0.378 e. The standard InChI is InChI=1S/C12H16ClN3O4/c1-19-12(20-2)7-14-10(8-16(17)18)5-9-3-4-11(13)15-6-9/h3-4,6,8,12,14H,5,7H2,1-2H3/b10-8+. The average molecular weight is 302 g/mol. The lowest BCUT2D eigenvalue weighted by atomic mass is 10.1. The molecule has 0 bridgehead atoms. The van der Waals surface area contributed by atoms with Gasteiger partial charge in [0.05, 0.1) is 17.2 Å². The summed E-state index contributed by atoms with van der Waals surface area (Å²) in [6.07, 6.45) is 2.35. The maximum atomic E-state index is 10.6. The van der Waals surface area contributed by atoms with Crippen LogP contribution in [-0.4, -0.2) is 37.0 Å². The number of halogens is 1. The molecule has 8 heteroatoms. The maximum absolute atomic E-state index is 10.6. The Morgan fingerprint density at radius 1 is 1.55 bits per heavy atom. The summed E-state index contributed by atoms with van der Waals surface area (Å²) >= 11 is 5.69. The van der Waals surface area contributed by atoms with E-state index in [0.29, 0.717) is 23.8 Å². The van der Waals surface area contributed by atoms with Crippen LogP contribution in [0.1, 0.15) is 5.56 Å². The van der Waals surface area contributed by atoms with E-state index in [2.05, 4.69) is 10.3 Å². The van der Waals surface area contributed by atoms with E-state index in [1.807, 2.05) is 0 Å². The number of methoxy groups -OCH3 is 2. The van der Waals surface area contributed by atoms with Crippen LogP contribution in [0.15, 0.2) is 30.2 Å². The first kappa shape index (κ1) is 16.4. The number of nitro groups is 1. The molecule has 0 aliphatic heterocycles. The summed E-state index contributed by atoms with van der Waals surface area (Å²) in [7, 11) is 2.99. The molecule has 20 heavy (non-hydrogen) atoms. The van der Waals surface area contributed by atoms with E-state index in [4.69, 9.17) is 21.1 Å². The van der Waals surface area contributed by atoms with Crippen molar-refractivity contribution in [2.45, 2.75) is 12.7 Å².